The van der Waals surface area contributed by atoms with Crippen LogP contribution in [-0.2, 0) is 4.79 Å². The minimum atomic E-state index is -0.226. The molecule has 6 heteroatoms. The number of thiophene rings is 1. The van der Waals surface area contributed by atoms with Gasteiger partial charge in [0, 0.05) is 29.6 Å². The van der Waals surface area contributed by atoms with Crippen molar-refractivity contribution in [2.45, 2.75) is 20.3 Å². The van der Waals surface area contributed by atoms with Gasteiger partial charge in [0.1, 0.15) is 4.88 Å². The average Bonchev–Trinajstić information content (AvgIpc) is 2.76. The van der Waals surface area contributed by atoms with Gasteiger partial charge in [-0.25, -0.2) is 0 Å². The first-order valence-corrected chi connectivity index (χ1v) is 7.68. The van der Waals surface area contributed by atoms with E-state index >= 15 is 0 Å². The van der Waals surface area contributed by atoms with E-state index in [-0.39, 0.29) is 18.2 Å². The standard InChI is InChI=1S/C15H19N3O2S/c1-3-17-12(19)6-7-18-15(20)14-13(16)10-8-9(2)4-5-11(10)21-14/h4-5,8H,3,6-7,16H2,1-2H3,(H,17,19)(H,18,20). The third-order valence-electron chi connectivity index (χ3n) is 3.10. The quantitative estimate of drug-likeness (QED) is 0.790. The van der Waals surface area contributed by atoms with E-state index in [0.717, 1.165) is 15.6 Å². The molecule has 0 aliphatic carbocycles. The number of hydrogen-bond acceptors (Lipinski definition) is 4. The highest BCUT2D eigenvalue weighted by Crippen LogP contribution is 2.34. The largest absolute Gasteiger partial charge is 0.397 e. The van der Waals surface area contributed by atoms with E-state index in [9.17, 15) is 9.59 Å². The summed E-state index contributed by atoms with van der Waals surface area (Å²) in [5, 5.41) is 6.33. The summed E-state index contributed by atoms with van der Waals surface area (Å²) in [7, 11) is 0. The Kier molecular flexibility index (Phi) is 4.80. The molecule has 0 saturated carbocycles. The number of carbonyl (C=O) groups excluding carboxylic acids is 2. The lowest BCUT2D eigenvalue weighted by atomic mass is 10.1. The van der Waals surface area contributed by atoms with Crippen LogP contribution in [0, 0.1) is 6.92 Å². The molecule has 0 saturated heterocycles. The fourth-order valence-corrected chi connectivity index (χ4v) is 3.07. The number of rotatable bonds is 5. The molecule has 0 bridgehead atoms. The van der Waals surface area contributed by atoms with E-state index in [1.54, 1.807) is 0 Å². The van der Waals surface area contributed by atoms with Crippen molar-refractivity contribution in [3.05, 3.63) is 28.6 Å². The first-order chi connectivity index (χ1) is 10.0. The number of aryl methyl sites for hydroxylation is 1. The molecule has 0 aliphatic rings. The second-order valence-corrected chi connectivity index (χ2v) is 5.86. The summed E-state index contributed by atoms with van der Waals surface area (Å²) in [6.07, 6.45) is 0.267. The lowest BCUT2D eigenvalue weighted by Gasteiger charge is -2.04. The van der Waals surface area contributed by atoms with Gasteiger partial charge in [0.2, 0.25) is 5.91 Å². The lowest BCUT2D eigenvalue weighted by molar-refractivity contribution is -0.120. The topological polar surface area (TPSA) is 84.2 Å². The zero-order valence-corrected chi connectivity index (χ0v) is 13.0. The summed E-state index contributed by atoms with van der Waals surface area (Å²) >= 11 is 1.37. The maximum atomic E-state index is 12.1. The maximum Gasteiger partial charge on any atom is 0.263 e. The van der Waals surface area contributed by atoms with Crippen LogP contribution < -0.4 is 16.4 Å². The predicted molar refractivity (Wildman–Crippen MR) is 86.6 cm³/mol. The molecule has 21 heavy (non-hydrogen) atoms. The van der Waals surface area contributed by atoms with Gasteiger partial charge < -0.3 is 16.4 Å². The molecule has 5 nitrogen and oxygen atoms in total. The van der Waals surface area contributed by atoms with Crippen LogP contribution in [0.25, 0.3) is 10.1 Å². The van der Waals surface area contributed by atoms with Gasteiger partial charge in [-0.3, -0.25) is 9.59 Å². The van der Waals surface area contributed by atoms with Crippen LogP contribution >= 0.6 is 11.3 Å². The third kappa shape index (κ3) is 3.52. The van der Waals surface area contributed by atoms with Crippen LogP contribution in [0.5, 0.6) is 0 Å². The van der Waals surface area contributed by atoms with Gasteiger partial charge >= 0.3 is 0 Å². The number of anilines is 1. The molecule has 0 unspecified atom stereocenters. The van der Waals surface area contributed by atoms with E-state index in [2.05, 4.69) is 10.6 Å². The van der Waals surface area contributed by atoms with Gasteiger partial charge in [-0.1, -0.05) is 11.6 Å². The highest BCUT2D eigenvalue weighted by molar-refractivity contribution is 7.21. The Balaban J connectivity index is 2.06. The number of nitrogens with one attached hydrogen (secondary N) is 2. The molecule has 1 aromatic heterocycles. The molecule has 2 amide bonds. The van der Waals surface area contributed by atoms with E-state index in [4.69, 9.17) is 5.73 Å². The zero-order valence-electron chi connectivity index (χ0n) is 12.2. The van der Waals surface area contributed by atoms with Gasteiger partial charge in [-0.2, -0.15) is 0 Å². The fraction of sp³-hybridized carbons (Fsp3) is 0.333. The van der Waals surface area contributed by atoms with Gasteiger partial charge in [0.15, 0.2) is 0 Å². The molecule has 0 fully saturated rings. The van der Waals surface area contributed by atoms with Crippen molar-refractivity contribution < 1.29 is 9.59 Å². The third-order valence-corrected chi connectivity index (χ3v) is 4.29. The molecule has 2 aromatic rings. The van der Waals surface area contributed by atoms with Crippen molar-refractivity contribution >= 4 is 38.9 Å². The van der Waals surface area contributed by atoms with Crippen molar-refractivity contribution in [1.82, 2.24) is 10.6 Å². The molecule has 0 aliphatic heterocycles. The number of nitrogen functional groups attached to an aromatic ring is 1. The summed E-state index contributed by atoms with van der Waals surface area (Å²) in [6, 6.07) is 5.94. The minimum Gasteiger partial charge on any atom is -0.397 e. The number of hydrogen-bond donors (Lipinski definition) is 3. The van der Waals surface area contributed by atoms with Crippen molar-refractivity contribution in [1.29, 1.82) is 0 Å². The van der Waals surface area contributed by atoms with Crippen LogP contribution in [0.1, 0.15) is 28.6 Å². The Bertz CT molecular complexity index is 679. The van der Waals surface area contributed by atoms with Crippen molar-refractivity contribution in [2.24, 2.45) is 0 Å². The van der Waals surface area contributed by atoms with Crippen LogP contribution in [-0.4, -0.2) is 24.9 Å². The number of carbonyl (C=O) groups is 2. The molecular formula is C15H19N3O2S. The van der Waals surface area contributed by atoms with Crippen LogP contribution in [0.4, 0.5) is 5.69 Å². The fourth-order valence-electron chi connectivity index (χ4n) is 2.05. The highest BCUT2D eigenvalue weighted by Gasteiger charge is 2.16. The number of nitrogens with two attached hydrogens (primary N) is 1. The number of benzene rings is 1. The monoisotopic (exact) mass is 305 g/mol. The average molecular weight is 305 g/mol. The van der Waals surface area contributed by atoms with Crippen LogP contribution in [0.15, 0.2) is 18.2 Å². The van der Waals surface area contributed by atoms with E-state index in [1.165, 1.54) is 11.3 Å². The zero-order chi connectivity index (χ0) is 15.4. The molecule has 1 aromatic carbocycles. The summed E-state index contributed by atoms with van der Waals surface area (Å²) < 4.78 is 0.993. The summed E-state index contributed by atoms with van der Waals surface area (Å²) in [4.78, 5) is 24.0. The summed E-state index contributed by atoms with van der Waals surface area (Å²) in [5.74, 6) is -0.298. The predicted octanol–water partition coefficient (Wildman–Crippen LogP) is 2.05. The molecule has 2 rings (SSSR count). The molecular weight excluding hydrogens is 286 g/mol. The van der Waals surface area contributed by atoms with E-state index < -0.39 is 0 Å². The molecule has 112 valence electrons. The molecule has 0 atom stereocenters. The normalized spacial score (nSPS) is 10.6. The smallest absolute Gasteiger partial charge is 0.263 e. The summed E-state index contributed by atoms with van der Waals surface area (Å²) in [6.45, 7) is 4.74. The van der Waals surface area contributed by atoms with Crippen molar-refractivity contribution in [3.63, 3.8) is 0 Å². The lowest BCUT2D eigenvalue weighted by Crippen LogP contribution is -2.30. The Morgan fingerprint density at radius 3 is 2.76 bits per heavy atom. The second kappa shape index (κ2) is 6.58. The van der Waals surface area contributed by atoms with Gasteiger partial charge in [0.25, 0.3) is 5.91 Å². The Labute approximate surface area is 127 Å². The van der Waals surface area contributed by atoms with E-state index in [0.29, 0.717) is 23.7 Å². The molecule has 1 heterocycles. The minimum absolute atomic E-state index is 0.0715. The molecule has 0 spiro atoms. The SMILES string of the molecule is CCNC(=O)CCNC(=O)c1sc2ccc(C)cc2c1N. The van der Waals surface area contributed by atoms with Crippen LogP contribution in [0.2, 0.25) is 0 Å². The van der Waals surface area contributed by atoms with Gasteiger partial charge in [-0.05, 0) is 26.0 Å². The maximum absolute atomic E-state index is 12.1. The first kappa shape index (κ1) is 15.3. The highest BCUT2D eigenvalue weighted by atomic mass is 32.1. The Hall–Kier alpha value is -2.08. The van der Waals surface area contributed by atoms with Gasteiger partial charge in [0.05, 0.1) is 5.69 Å². The molecule has 0 radical (unpaired) electrons. The van der Waals surface area contributed by atoms with Crippen LogP contribution in [0.3, 0.4) is 0 Å². The number of fused-ring (bicyclic) bond motifs is 1. The first-order valence-electron chi connectivity index (χ1n) is 6.86. The second-order valence-electron chi connectivity index (χ2n) is 4.80. The van der Waals surface area contributed by atoms with Crippen molar-refractivity contribution in [3.8, 4) is 0 Å². The Morgan fingerprint density at radius 2 is 2.05 bits per heavy atom. The van der Waals surface area contributed by atoms with E-state index in [1.807, 2.05) is 32.0 Å². The van der Waals surface area contributed by atoms with Crippen molar-refractivity contribution in [2.75, 3.05) is 18.8 Å². The number of amides is 2. The summed E-state index contributed by atoms with van der Waals surface area (Å²) in [5.41, 5.74) is 7.67. The molecule has 4 N–H and O–H groups in total. The Morgan fingerprint density at radius 1 is 1.29 bits per heavy atom. The van der Waals surface area contributed by atoms with Gasteiger partial charge in [-0.15, -0.1) is 11.3 Å².